The van der Waals surface area contributed by atoms with E-state index in [2.05, 4.69) is 10.4 Å². The molecule has 21 heavy (non-hydrogen) atoms. The maximum Gasteiger partial charge on any atom is 0.356 e. The molecule has 106 valence electrons. The van der Waals surface area contributed by atoms with Crippen molar-refractivity contribution in [2.75, 3.05) is 12.4 Å². The molecule has 1 aromatic carbocycles. The number of rotatable bonds is 3. The molecule has 7 heteroatoms. The van der Waals surface area contributed by atoms with Gasteiger partial charge in [0, 0.05) is 18.3 Å². The van der Waals surface area contributed by atoms with Crippen molar-refractivity contribution in [1.82, 2.24) is 9.78 Å². The number of nitrogens with zero attached hydrogens (tertiary/aromatic N) is 3. The topological polar surface area (TPSA) is 108 Å². The molecule has 0 unspecified atom stereocenters. The summed E-state index contributed by atoms with van der Waals surface area (Å²) in [5, 5.41) is 25.0. The first kappa shape index (κ1) is 14.3. The van der Waals surface area contributed by atoms with E-state index >= 15 is 0 Å². The highest BCUT2D eigenvalue weighted by Crippen LogP contribution is 2.13. The summed E-state index contributed by atoms with van der Waals surface area (Å²) in [4.78, 5) is 23.4. The van der Waals surface area contributed by atoms with Crippen molar-refractivity contribution in [2.24, 2.45) is 0 Å². The summed E-state index contributed by atoms with van der Waals surface area (Å²) in [5.41, 5.74) is 0.107. The van der Waals surface area contributed by atoms with Crippen molar-refractivity contribution in [1.29, 1.82) is 5.26 Å². The van der Waals surface area contributed by atoms with Crippen LogP contribution in [0.3, 0.4) is 0 Å². The van der Waals surface area contributed by atoms with Gasteiger partial charge in [-0.25, -0.2) is 4.79 Å². The standard InChI is InChI=1S/C14H12N4O3/c1-8-11(7-15)13(19)18(17-12(8)14(20)21)10-5-3-9(16-2)4-6-10/h3-6,16H,1-2H3,(H,20,21). The van der Waals surface area contributed by atoms with E-state index in [0.29, 0.717) is 5.69 Å². The molecular formula is C14H12N4O3. The molecule has 1 heterocycles. The fraction of sp³-hybridized carbons (Fsp3) is 0.143. The number of nitriles is 1. The van der Waals surface area contributed by atoms with Crippen LogP contribution in [0.1, 0.15) is 21.6 Å². The molecule has 0 aliphatic rings. The van der Waals surface area contributed by atoms with Gasteiger partial charge in [-0.3, -0.25) is 4.79 Å². The van der Waals surface area contributed by atoms with E-state index < -0.39 is 11.5 Å². The number of aromatic carboxylic acids is 1. The highest BCUT2D eigenvalue weighted by atomic mass is 16.4. The first-order valence-electron chi connectivity index (χ1n) is 6.05. The van der Waals surface area contributed by atoms with Gasteiger partial charge in [-0.1, -0.05) is 0 Å². The number of hydrogen-bond donors (Lipinski definition) is 2. The van der Waals surface area contributed by atoms with Crippen molar-refractivity contribution in [3.05, 3.63) is 51.4 Å². The van der Waals surface area contributed by atoms with Crippen LogP contribution in [0.15, 0.2) is 29.1 Å². The molecule has 0 saturated carbocycles. The second kappa shape index (κ2) is 5.46. The number of carboxylic acids is 1. The predicted molar refractivity (Wildman–Crippen MR) is 75.8 cm³/mol. The summed E-state index contributed by atoms with van der Waals surface area (Å²) >= 11 is 0. The van der Waals surface area contributed by atoms with E-state index in [1.165, 1.54) is 6.92 Å². The fourth-order valence-electron chi connectivity index (χ4n) is 1.88. The van der Waals surface area contributed by atoms with Gasteiger partial charge < -0.3 is 10.4 Å². The lowest BCUT2D eigenvalue weighted by Gasteiger charge is -2.09. The number of carbonyl (C=O) groups is 1. The van der Waals surface area contributed by atoms with E-state index in [9.17, 15) is 9.59 Å². The Morgan fingerprint density at radius 2 is 2.00 bits per heavy atom. The van der Waals surface area contributed by atoms with Crippen molar-refractivity contribution in [3.8, 4) is 11.8 Å². The molecule has 0 spiro atoms. The summed E-state index contributed by atoms with van der Waals surface area (Å²) in [5.74, 6) is -1.29. The van der Waals surface area contributed by atoms with Crippen molar-refractivity contribution in [2.45, 2.75) is 6.92 Å². The zero-order valence-electron chi connectivity index (χ0n) is 11.4. The molecule has 0 saturated heterocycles. The number of carboxylic acid groups (broad SMARTS) is 1. The second-order valence-corrected chi connectivity index (χ2v) is 4.28. The van der Waals surface area contributed by atoms with Gasteiger partial charge in [0.2, 0.25) is 0 Å². The average molecular weight is 284 g/mol. The fourth-order valence-corrected chi connectivity index (χ4v) is 1.88. The normalized spacial score (nSPS) is 9.95. The Bertz CT molecular complexity index is 801. The minimum atomic E-state index is -1.29. The highest BCUT2D eigenvalue weighted by molar-refractivity contribution is 5.87. The zero-order chi connectivity index (χ0) is 15.6. The molecule has 0 aliphatic carbocycles. The first-order valence-corrected chi connectivity index (χ1v) is 6.05. The highest BCUT2D eigenvalue weighted by Gasteiger charge is 2.19. The number of hydrogen-bond acceptors (Lipinski definition) is 5. The summed E-state index contributed by atoms with van der Waals surface area (Å²) in [6.07, 6.45) is 0. The summed E-state index contributed by atoms with van der Waals surface area (Å²) in [6.45, 7) is 1.39. The number of nitrogens with one attached hydrogen (secondary N) is 1. The molecule has 7 nitrogen and oxygen atoms in total. The molecule has 0 fully saturated rings. The minimum Gasteiger partial charge on any atom is -0.476 e. The largest absolute Gasteiger partial charge is 0.476 e. The minimum absolute atomic E-state index is 0.0677. The quantitative estimate of drug-likeness (QED) is 0.875. The average Bonchev–Trinajstić information content (AvgIpc) is 2.48. The molecule has 2 N–H and O–H groups in total. The second-order valence-electron chi connectivity index (χ2n) is 4.28. The smallest absolute Gasteiger partial charge is 0.356 e. The van der Waals surface area contributed by atoms with Crippen LogP contribution < -0.4 is 10.9 Å². The Kier molecular flexibility index (Phi) is 3.71. The Morgan fingerprint density at radius 3 is 2.48 bits per heavy atom. The Labute approximate surface area is 120 Å². The molecule has 1 aromatic heterocycles. The lowest BCUT2D eigenvalue weighted by atomic mass is 10.1. The van der Waals surface area contributed by atoms with Gasteiger partial charge in [-0.2, -0.15) is 15.0 Å². The summed E-state index contributed by atoms with van der Waals surface area (Å²) < 4.78 is 0.925. The third-order valence-electron chi connectivity index (χ3n) is 3.05. The van der Waals surface area contributed by atoms with Crippen LogP contribution in [-0.4, -0.2) is 27.9 Å². The molecule has 0 radical (unpaired) electrons. The lowest BCUT2D eigenvalue weighted by Crippen LogP contribution is -2.28. The van der Waals surface area contributed by atoms with Crippen LogP contribution in [0, 0.1) is 18.3 Å². The SMILES string of the molecule is CNc1ccc(-n2nc(C(=O)O)c(C)c(C#N)c2=O)cc1. The van der Waals surface area contributed by atoms with Gasteiger partial charge in [0.05, 0.1) is 5.69 Å². The molecule has 0 bridgehead atoms. The molecule has 2 rings (SSSR count). The maximum absolute atomic E-state index is 12.2. The van der Waals surface area contributed by atoms with Gasteiger partial charge in [0.25, 0.3) is 5.56 Å². The van der Waals surface area contributed by atoms with E-state index in [1.54, 1.807) is 37.4 Å². The van der Waals surface area contributed by atoms with E-state index in [4.69, 9.17) is 10.4 Å². The lowest BCUT2D eigenvalue weighted by molar-refractivity contribution is 0.0687. The van der Waals surface area contributed by atoms with Crippen LogP contribution in [0.5, 0.6) is 0 Å². The number of anilines is 1. The number of benzene rings is 1. The van der Waals surface area contributed by atoms with Crippen LogP contribution in [0.25, 0.3) is 5.69 Å². The Balaban J connectivity index is 2.74. The van der Waals surface area contributed by atoms with Crippen LogP contribution in [0.2, 0.25) is 0 Å². The first-order chi connectivity index (χ1) is 9.99. The van der Waals surface area contributed by atoms with Crippen molar-refractivity contribution < 1.29 is 9.90 Å². The monoisotopic (exact) mass is 284 g/mol. The molecule has 0 amide bonds. The Morgan fingerprint density at radius 1 is 1.38 bits per heavy atom. The van der Waals surface area contributed by atoms with Crippen LogP contribution >= 0.6 is 0 Å². The van der Waals surface area contributed by atoms with Gasteiger partial charge in [-0.05, 0) is 31.2 Å². The number of aromatic nitrogens is 2. The van der Waals surface area contributed by atoms with E-state index in [0.717, 1.165) is 10.4 Å². The van der Waals surface area contributed by atoms with Gasteiger partial charge in [0.15, 0.2) is 5.69 Å². The van der Waals surface area contributed by atoms with Crippen LogP contribution in [0.4, 0.5) is 5.69 Å². The van der Waals surface area contributed by atoms with E-state index in [1.807, 2.05) is 0 Å². The Hall–Kier alpha value is -3.14. The van der Waals surface area contributed by atoms with Crippen LogP contribution in [-0.2, 0) is 0 Å². The van der Waals surface area contributed by atoms with Gasteiger partial charge in [-0.15, -0.1) is 0 Å². The molecule has 0 atom stereocenters. The third-order valence-corrected chi connectivity index (χ3v) is 3.05. The van der Waals surface area contributed by atoms with Gasteiger partial charge in [0.1, 0.15) is 11.6 Å². The molecule has 2 aromatic rings. The van der Waals surface area contributed by atoms with Crippen molar-refractivity contribution in [3.63, 3.8) is 0 Å². The summed E-state index contributed by atoms with van der Waals surface area (Å²) in [6, 6.07) is 8.41. The van der Waals surface area contributed by atoms with E-state index in [-0.39, 0.29) is 16.8 Å². The zero-order valence-corrected chi connectivity index (χ0v) is 11.4. The predicted octanol–water partition coefficient (Wildman–Crippen LogP) is 1.15. The molecule has 0 aliphatic heterocycles. The third kappa shape index (κ3) is 2.47. The molecular weight excluding hydrogens is 272 g/mol. The van der Waals surface area contributed by atoms with Crippen molar-refractivity contribution >= 4 is 11.7 Å². The maximum atomic E-state index is 12.2. The van der Waals surface area contributed by atoms with Gasteiger partial charge >= 0.3 is 5.97 Å². The summed E-state index contributed by atoms with van der Waals surface area (Å²) in [7, 11) is 1.75.